The van der Waals surface area contributed by atoms with Gasteiger partial charge in [-0.05, 0) is 31.7 Å². The predicted octanol–water partition coefficient (Wildman–Crippen LogP) is 1.89. The first-order chi connectivity index (χ1) is 6.81. The Morgan fingerprint density at radius 2 is 2.43 bits per heavy atom. The van der Waals surface area contributed by atoms with Crippen LogP contribution in [0.5, 0.6) is 0 Å². The second-order valence-corrected chi connectivity index (χ2v) is 4.25. The van der Waals surface area contributed by atoms with E-state index in [1.54, 1.807) is 0 Å². The van der Waals surface area contributed by atoms with Crippen LogP contribution in [0.4, 0.5) is 0 Å². The maximum absolute atomic E-state index is 5.93. The minimum atomic E-state index is 0.407. The number of aromatic nitrogens is 2. The number of rotatable bonds is 3. The van der Waals surface area contributed by atoms with Gasteiger partial charge in [-0.2, -0.15) is 5.10 Å². The van der Waals surface area contributed by atoms with Crippen LogP contribution in [0.15, 0.2) is 12.3 Å². The molecule has 1 aromatic rings. The molecule has 0 radical (unpaired) electrons. The van der Waals surface area contributed by atoms with E-state index in [0.717, 1.165) is 19.4 Å². The zero-order chi connectivity index (χ0) is 9.97. The van der Waals surface area contributed by atoms with Crippen molar-refractivity contribution in [1.29, 1.82) is 0 Å². The molecule has 2 N–H and O–H groups in total. The predicted molar refractivity (Wildman–Crippen MR) is 57.1 cm³/mol. The van der Waals surface area contributed by atoms with E-state index >= 15 is 0 Å². The van der Waals surface area contributed by atoms with E-state index < -0.39 is 0 Å². The van der Waals surface area contributed by atoms with Crippen molar-refractivity contribution in [1.82, 2.24) is 9.78 Å². The third kappa shape index (κ3) is 1.82. The van der Waals surface area contributed by atoms with Gasteiger partial charge >= 0.3 is 0 Å². The Kier molecular flexibility index (Phi) is 2.87. The normalized spacial score (nSPS) is 27.0. The topological polar surface area (TPSA) is 43.8 Å². The fraction of sp³-hybridized carbons (Fsp3) is 0.727. The lowest BCUT2D eigenvalue weighted by Crippen LogP contribution is -2.15. The molecule has 2 rings (SSSR count). The summed E-state index contributed by atoms with van der Waals surface area (Å²) in [5.41, 5.74) is 7.31. The second kappa shape index (κ2) is 4.13. The van der Waals surface area contributed by atoms with Crippen LogP contribution in [0.1, 0.15) is 44.2 Å². The average molecular weight is 193 g/mol. The van der Waals surface area contributed by atoms with E-state index in [1.165, 1.54) is 18.5 Å². The maximum Gasteiger partial charge on any atom is 0.0492 e. The highest BCUT2D eigenvalue weighted by atomic mass is 15.3. The summed E-state index contributed by atoms with van der Waals surface area (Å²) in [5.74, 6) is 0.652. The monoisotopic (exact) mass is 193 g/mol. The highest BCUT2D eigenvalue weighted by Crippen LogP contribution is 2.33. The Labute approximate surface area is 85.3 Å². The third-order valence-electron chi connectivity index (χ3n) is 3.08. The molecule has 0 amide bonds. The summed E-state index contributed by atoms with van der Waals surface area (Å²) in [6, 6.07) is 2.56. The van der Waals surface area contributed by atoms with Gasteiger partial charge in [0.2, 0.25) is 0 Å². The largest absolute Gasteiger partial charge is 0.328 e. The Hall–Kier alpha value is -0.830. The second-order valence-electron chi connectivity index (χ2n) is 4.25. The summed E-state index contributed by atoms with van der Waals surface area (Å²) in [4.78, 5) is 0. The van der Waals surface area contributed by atoms with Crippen molar-refractivity contribution in [3.05, 3.63) is 18.0 Å². The van der Waals surface area contributed by atoms with Crippen molar-refractivity contribution >= 4 is 0 Å². The average Bonchev–Trinajstić information content (AvgIpc) is 2.74. The van der Waals surface area contributed by atoms with Gasteiger partial charge in [0.1, 0.15) is 0 Å². The molecule has 14 heavy (non-hydrogen) atoms. The summed E-state index contributed by atoms with van der Waals surface area (Å²) in [7, 11) is 0. The van der Waals surface area contributed by atoms with Crippen LogP contribution in [0.25, 0.3) is 0 Å². The lowest BCUT2D eigenvalue weighted by Gasteiger charge is -2.12. The van der Waals surface area contributed by atoms with Gasteiger partial charge in [-0.25, -0.2) is 0 Å². The van der Waals surface area contributed by atoms with E-state index in [2.05, 4.69) is 22.8 Å². The van der Waals surface area contributed by atoms with E-state index in [0.29, 0.717) is 12.0 Å². The van der Waals surface area contributed by atoms with Crippen molar-refractivity contribution < 1.29 is 0 Å². The van der Waals surface area contributed by atoms with Crippen molar-refractivity contribution in [3.8, 4) is 0 Å². The molecule has 2 atom stereocenters. The first kappa shape index (κ1) is 9.71. The lowest BCUT2D eigenvalue weighted by atomic mass is 10.0. The Morgan fingerprint density at radius 3 is 3.07 bits per heavy atom. The fourth-order valence-corrected chi connectivity index (χ4v) is 2.37. The van der Waals surface area contributed by atoms with Gasteiger partial charge in [0.25, 0.3) is 0 Å². The van der Waals surface area contributed by atoms with Gasteiger partial charge < -0.3 is 5.73 Å². The molecular formula is C11H19N3. The van der Waals surface area contributed by atoms with Crippen LogP contribution < -0.4 is 5.73 Å². The van der Waals surface area contributed by atoms with Crippen LogP contribution in [-0.2, 0) is 6.54 Å². The molecule has 0 spiro atoms. The van der Waals surface area contributed by atoms with Crippen molar-refractivity contribution in [3.63, 3.8) is 0 Å². The highest BCUT2D eigenvalue weighted by Gasteiger charge is 2.25. The number of aryl methyl sites for hydroxylation is 1. The van der Waals surface area contributed by atoms with E-state index in [4.69, 9.17) is 5.73 Å². The molecule has 0 saturated heterocycles. The quantitative estimate of drug-likeness (QED) is 0.796. The van der Waals surface area contributed by atoms with E-state index in [1.807, 2.05) is 6.20 Å². The number of nitrogens with zero attached hydrogens (tertiary/aromatic N) is 2. The third-order valence-corrected chi connectivity index (χ3v) is 3.08. The van der Waals surface area contributed by atoms with Crippen LogP contribution in [0.2, 0.25) is 0 Å². The molecule has 3 nitrogen and oxygen atoms in total. The zero-order valence-corrected chi connectivity index (χ0v) is 8.82. The standard InChI is InChI=1S/C11H19N3/c1-2-7-14-11(5-6-13-14)9-3-4-10(12)8-9/h5-6,9-10H,2-4,7-8,12H2,1H3. The van der Waals surface area contributed by atoms with Gasteiger partial charge in [-0.3, -0.25) is 4.68 Å². The number of hydrogen-bond acceptors (Lipinski definition) is 2. The molecule has 1 aliphatic rings. The summed E-state index contributed by atoms with van der Waals surface area (Å²) < 4.78 is 2.14. The molecule has 0 aliphatic heterocycles. The molecule has 1 aliphatic carbocycles. The van der Waals surface area contributed by atoms with Gasteiger partial charge in [-0.15, -0.1) is 0 Å². The zero-order valence-electron chi connectivity index (χ0n) is 8.82. The Bertz CT molecular complexity index is 292. The van der Waals surface area contributed by atoms with Crippen LogP contribution >= 0.6 is 0 Å². The van der Waals surface area contributed by atoms with Gasteiger partial charge in [0, 0.05) is 30.4 Å². The summed E-state index contributed by atoms with van der Waals surface area (Å²) in [5, 5.41) is 4.35. The summed E-state index contributed by atoms with van der Waals surface area (Å²) >= 11 is 0. The number of nitrogens with two attached hydrogens (primary N) is 1. The van der Waals surface area contributed by atoms with Gasteiger partial charge in [-0.1, -0.05) is 6.92 Å². The molecule has 3 heteroatoms. The molecule has 1 saturated carbocycles. The molecule has 1 fully saturated rings. The van der Waals surface area contributed by atoms with Crippen LogP contribution in [0.3, 0.4) is 0 Å². The summed E-state index contributed by atoms with van der Waals surface area (Å²) in [6.45, 7) is 3.22. The molecule has 1 aromatic heterocycles. The highest BCUT2D eigenvalue weighted by molar-refractivity contribution is 5.10. The minimum absolute atomic E-state index is 0.407. The molecular weight excluding hydrogens is 174 g/mol. The van der Waals surface area contributed by atoms with Crippen LogP contribution in [-0.4, -0.2) is 15.8 Å². The molecule has 78 valence electrons. The first-order valence-electron chi connectivity index (χ1n) is 5.58. The van der Waals surface area contributed by atoms with E-state index in [-0.39, 0.29) is 0 Å². The van der Waals surface area contributed by atoms with Gasteiger partial charge in [0.05, 0.1) is 0 Å². The molecule has 0 aromatic carbocycles. The SMILES string of the molecule is CCCn1nccc1C1CCC(N)C1. The smallest absolute Gasteiger partial charge is 0.0492 e. The van der Waals surface area contributed by atoms with Crippen molar-refractivity contribution in [2.45, 2.75) is 51.1 Å². The summed E-state index contributed by atoms with van der Waals surface area (Å²) in [6.07, 6.45) is 6.59. The first-order valence-corrected chi connectivity index (χ1v) is 5.58. The van der Waals surface area contributed by atoms with Crippen LogP contribution in [0, 0.1) is 0 Å². The fourth-order valence-electron chi connectivity index (χ4n) is 2.37. The van der Waals surface area contributed by atoms with Crippen molar-refractivity contribution in [2.24, 2.45) is 5.73 Å². The Balaban J connectivity index is 2.11. The molecule has 0 bridgehead atoms. The lowest BCUT2D eigenvalue weighted by molar-refractivity contribution is 0.534. The molecule has 2 unspecified atom stereocenters. The Morgan fingerprint density at radius 1 is 1.57 bits per heavy atom. The maximum atomic E-state index is 5.93. The van der Waals surface area contributed by atoms with Gasteiger partial charge in [0.15, 0.2) is 0 Å². The van der Waals surface area contributed by atoms with E-state index in [9.17, 15) is 0 Å². The minimum Gasteiger partial charge on any atom is -0.328 e. The number of hydrogen-bond donors (Lipinski definition) is 1. The van der Waals surface area contributed by atoms with Crippen molar-refractivity contribution in [2.75, 3.05) is 0 Å². The molecule has 1 heterocycles.